The van der Waals surface area contributed by atoms with Crippen molar-refractivity contribution >= 4 is 6.03 Å². The lowest BCUT2D eigenvalue weighted by atomic mass is 10.1. The summed E-state index contributed by atoms with van der Waals surface area (Å²) in [4.78, 5) is 13.7. The molecule has 1 aromatic rings. The number of amides is 2. The molecule has 1 aliphatic rings. The number of hydrogen-bond acceptors (Lipinski definition) is 3. The molecule has 1 aliphatic heterocycles. The maximum Gasteiger partial charge on any atom is 0.318 e. The van der Waals surface area contributed by atoms with Crippen LogP contribution in [0.2, 0.25) is 0 Å². The van der Waals surface area contributed by atoms with Gasteiger partial charge >= 0.3 is 6.03 Å². The molecular formula is C14H21N3O2. The molecule has 0 saturated carbocycles. The summed E-state index contributed by atoms with van der Waals surface area (Å²) in [5.41, 5.74) is 6.74. The standard InChI is InChI=1S/C14H21N3O2/c1-10(15)7-8-17-9-12(16-14(17)18)11-5-3-4-6-13(11)19-2/h3-6,10,12H,7-9,15H2,1-2H3,(H,16,18). The number of methoxy groups -OCH3 is 1. The average molecular weight is 263 g/mol. The maximum absolute atomic E-state index is 11.9. The van der Waals surface area contributed by atoms with Gasteiger partial charge in [0.2, 0.25) is 0 Å². The van der Waals surface area contributed by atoms with Gasteiger partial charge in [0.1, 0.15) is 5.75 Å². The van der Waals surface area contributed by atoms with Crippen molar-refractivity contribution in [1.29, 1.82) is 0 Å². The summed E-state index contributed by atoms with van der Waals surface area (Å²) >= 11 is 0. The molecule has 2 rings (SSSR count). The first-order chi connectivity index (χ1) is 9.11. The van der Waals surface area contributed by atoms with Gasteiger partial charge in [0.15, 0.2) is 0 Å². The fourth-order valence-corrected chi connectivity index (χ4v) is 2.27. The van der Waals surface area contributed by atoms with E-state index in [9.17, 15) is 4.79 Å². The lowest BCUT2D eigenvalue weighted by Gasteiger charge is -2.16. The predicted octanol–water partition coefficient (Wildman–Crippen LogP) is 1.50. The summed E-state index contributed by atoms with van der Waals surface area (Å²) < 4.78 is 5.34. The zero-order valence-electron chi connectivity index (χ0n) is 11.4. The number of hydrogen-bond donors (Lipinski definition) is 2. The van der Waals surface area contributed by atoms with E-state index in [2.05, 4.69) is 5.32 Å². The molecule has 3 N–H and O–H groups in total. The summed E-state index contributed by atoms with van der Waals surface area (Å²) in [5.74, 6) is 0.807. The molecule has 2 amide bonds. The Morgan fingerprint density at radius 3 is 2.95 bits per heavy atom. The summed E-state index contributed by atoms with van der Waals surface area (Å²) in [6, 6.07) is 7.83. The molecule has 0 bridgehead atoms. The van der Waals surface area contributed by atoms with Crippen LogP contribution < -0.4 is 15.8 Å². The molecule has 1 fully saturated rings. The normalized spacial score (nSPS) is 20.3. The lowest BCUT2D eigenvalue weighted by Crippen LogP contribution is -2.32. The van der Waals surface area contributed by atoms with Crippen molar-refractivity contribution in [2.75, 3.05) is 20.2 Å². The van der Waals surface area contributed by atoms with Crippen molar-refractivity contribution in [1.82, 2.24) is 10.2 Å². The van der Waals surface area contributed by atoms with Gasteiger partial charge in [-0.2, -0.15) is 0 Å². The number of ether oxygens (including phenoxy) is 1. The van der Waals surface area contributed by atoms with Crippen molar-refractivity contribution in [3.05, 3.63) is 29.8 Å². The highest BCUT2D eigenvalue weighted by atomic mass is 16.5. The first kappa shape index (κ1) is 13.7. The Hall–Kier alpha value is -1.75. The van der Waals surface area contributed by atoms with Gasteiger partial charge in [-0.15, -0.1) is 0 Å². The Morgan fingerprint density at radius 1 is 1.53 bits per heavy atom. The van der Waals surface area contributed by atoms with Crippen LogP contribution in [-0.4, -0.2) is 37.2 Å². The Morgan fingerprint density at radius 2 is 2.26 bits per heavy atom. The molecule has 5 heteroatoms. The summed E-state index contributed by atoms with van der Waals surface area (Å²) in [6.07, 6.45) is 0.812. The van der Waals surface area contributed by atoms with Crippen molar-refractivity contribution in [3.63, 3.8) is 0 Å². The molecule has 0 aliphatic carbocycles. The second-order valence-electron chi connectivity index (χ2n) is 4.96. The van der Waals surface area contributed by atoms with E-state index in [-0.39, 0.29) is 18.1 Å². The molecule has 104 valence electrons. The topological polar surface area (TPSA) is 67.6 Å². The van der Waals surface area contributed by atoms with Gasteiger partial charge in [0, 0.05) is 24.7 Å². The number of carbonyl (C=O) groups excluding carboxylic acids is 1. The highest BCUT2D eigenvalue weighted by molar-refractivity contribution is 5.77. The van der Waals surface area contributed by atoms with E-state index >= 15 is 0 Å². The summed E-state index contributed by atoms with van der Waals surface area (Å²) in [7, 11) is 1.64. The molecule has 1 heterocycles. The maximum atomic E-state index is 11.9. The second kappa shape index (κ2) is 5.93. The lowest BCUT2D eigenvalue weighted by molar-refractivity contribution is 0.216. The molecule has 1 saturated heterocycles. The quantitative estimate of drug-likeness (QED) is 0.846. The van der Waals surface area contributed by atoms with Crippen molar-refractivity contribution < 1.29 is 9.53 Å². The average Bonchev–Trinajstić information content (AvgIpc) is 2.77. The Labute approximate surface area is 113 Å². The number of para-hydroxylation sites is 1. The molecule has 19 heavy (non-hydrogen) atoms. The van der Waals surface area contributed by atoms with E-state index in [1.165, 1.54) is 0 Å². The Bertz CT molecular complexity index is 448. The van der Waals surface area contributed by atoms with Crippen LogP contribution >= 0.6 is 0 Å². The summed E-state index contributed by atoms with van der Waals surface area (Å²) in [5, 5.41) is 2.98. The predicted molar refractivity (Wildman–Crippen MR) is 74.1 cm³/mol. The Balaban J connectivity index is 2.06. The van der Waals surface area contributed by atoms with Crippen LogP contribution in [0.15, 0.2) is 24.3 Å². The minimum Gasteiger partial charge on any atom is -0.496 e. The fourth-order valence-electron chi connectivity index (χ4n) is 2.27. The van der Waals surface area contributed by atoms with E-state index in [1.807, 2.05) is 31.2 Å². The minimum absolute atomic E-state index is 0.0169. The zero-order chi connectivity index (χ0) is 13.8. The van der Waals surface area contributed by atoms with Crippen LogP contribution in [0.25, 0.3) is 0 Å². The molecule has 2 atom stereocenters. The van der Waals surface area contributed by atoms with Crippen LogP contribution in [0.5, 0.6) is 5.75 Å². The first-order valence-corrected chi connectivity index (χ1v) is 6.55. The molecular weight excluding hydrogens is 242 g/mol. The zero-order valence-corrected chi connectivity index (χ0v) is 11.4. The number of benzene rings is 1. The SMILES string of the molecule is COc1ccccc1C1CN(CCC(C)N)C(=O)N1. The second-order valence-corrected chi connectivity index (χ2v) is 4.96. The highest BCUT2D eigenvalue weighted by Gasteiger charge is 2.30. The Kier molecular flexibility index (Phi) is 4.27. The number of nitrogens with zero attached hydrogens (tertiary/aromatic N) is 1. The third-order valence-corrected chi connectivity index (χ3v) is 3.36. The number of nitrogens with one attached hydrogen (secondary N) is 1. The number of rotatable bonds is 5. The van der Waals surface area contributed by atoms with Crippen LogP contribution in [0.4, 0.5) is 4.79 Å². The largest absolute Gasteiger partial charge is 0.496 e. The van der Waals surface area contributed by atoms with Gasteiger partial charge in [-0.05, 0) is 19.4 Å². The van der Waals surface area contributed by atoms with Crippen molar-refractivity contribution in [2.45, 2.75) is 25.4 Å². The van der Waals surface area contributed by atoms with Crippen LogP contribution in [-0.2, 0) is 0 Å². The monoisotopic (exact) mass is 263 g/mol. The van der Waals surface area contributed by atoms with Gasteiger partial charge < -0.3 is 20.7 Å². The summed E-state index contributed by atoms with van der Waals surface area (Å²) in [6.45, 7) is 3.30. The van der Waals surface area contributed by atoms with Crippen LogP contribution in [0, 0.1) is 0 Å². The molecule has 0 aromatic heterocycles. The van der Waals surface area contributed by atoms with Gasteiger partial charge in [-0.25, -0.2) is 4.79 Å². The number of carbonyl (C=O) groups is 1. The fraction of sp³-hybridized carbons (Fsp3) is 0.500. The first-order valence-electron chi connectivity index (χ1n) is 6.55. The van der Waals surface area contributed by atoms with Crippen LogP contribution in [0.3, 0.4) is 0 Å². The molecule has 5 nitrogen and oxygen atoms in total. The highest BCUT2D eigenvalue weighted by Crippen LogP contribution is 2.28. The molecule has 2 unspecified atom stereocenters. The third kappa shape index (κ3) is 3.17. The van der Waals surface area contributed by atoms with E-state index < -0.39 is 0 Å². The van der Waals surface area contributed by atoms with E-state index in [0.717, 1.165) is 17.7 Å². The van der Waals surface area contributed by atoms with Crippen LogP contribution in [0.1, 0.15) is 24.9 Å². The number of urea groups is 1. The third-order valence-electron chi connectivity index (χ3n) is 3.36. The van der Waals surface area contributed by atoms with E-state index in [4.69, 9.17) is 10.5 Å². The van der Waals surface area contributed by atoms with Gasteiger partial charge in [0.25, 0.3) is 0 Å². The van der Waals surface area contributed by atoms with Gasteiger partial charge in [0.05, 0.1) is 13.2 Å². The molecule has 1 aromatic carbocycles. The van der Waals surface area contributed by atoms with Crippen molar-refractivity contribution in [2.24, 2.45) is 5.73 Å². The van der Waals surface area contributed by atoms with Gasteiger partial charge in [-0.1, -0.05) is 18.2 Å². The minimum atomic E-state index is -0.0310. The van der Waals surface area contributed by atoms with E-state index in [0.29, 0.717) is 13.1 Å². The number of nitrogens with two attached hydrogens (primary N) is 1. The van der Waals surface area contributed by atoms with Crippen molar-refractivity contribution in [3.8, 4) is 5.75 Å². The van der Waals surface area contributed by atoms with Gasteiger partial charge in [-0.3, -0.25) is 0 Å². The molecule has 0 radical (unpaired) electrons. The van der Waals surface area contributed by atoms with E-state index in [1.54, 1.807) is 12.0 Å². The smallest absolute Gasteiger partial charge is 0.318 e. The molecule has 0 spiro atoms.